The summed E-state index contributed by atoms with van der Waals surface area (Å²) in [4.78, 5) is 11.3. The molecule has 48 heavy (non-hydrogen) atoms. The van der Waals surface area contributed by atoms with E-state index in [4.69, 9.17) is 25.3 Å². The number of carbonyl (C=O) groups is 1. The Morgan fingerprint density at radius 1 is 0.583 bits per heavy atom. The van der Waals surface area contributed by atoms with E-state index in [1.54, 1.807) is 31.3 Å². The predicted octanol–water partition coefficient (Wildman–Crippen LogP) is 5.17. The van der Waals surface area contributed by atoms with Crippen molar-refractivity contribution in [1.82, 2.24) is 10.6 Å². The van der Waals surface area contributed by atoms with Crippen molar-refractivity contribution in [2.24, 2.45) is 20.4 Å². The van der Waals surface area contributed by atoms with Crippen molar-refractivity contribution in [3.63, 3.8) is 0 Å². The summed E-state index contributed by atoms with van der Waals surface area (Å²) < 4.78 is 0. The SMILES string of the molecule is CN/C([S-])=N/N=C(/C(=N/N=C(\[S-])NC[P+](c1ccccc1)(c1ccccc1)c1ccccc1)c1ccccc1)c1ccc(C=O)cc1.[Cu+2]. The first-order valence-corrected chi connectivity index (χ1v) is 17.6. The molecular formula is C37H32CuN6OPS2+. The van der Waals surface area contributed by atoms with Crippen LogP contribution in [0.1, 0.15) is 21.5 Å². The molecule has 0 saturated carbocycles. The van der Waals surface area contributed by atoms with Crippen LogP contribution in [0, 0.1) is 0 Å². The molecule has 0 aliphatic carbocycles. The summed E-state index contributed by atoms with van der Waals surface area (Å²) in [6.45, 7) is 0. The average molecular weight is 735 g/mol. The topological polar surface area (TPSA) is 90.6 Å². The summed E-state index contributed by atoms with van der Waals surface area (Å²) in [5.74, 6) is 0. The number of rotatable bonds is 11. The molecule has 0 bridgehead atoms. The summed E-state index contributed by atoms with van der Waals surface area (Å²) in [7, 11) is -0.533. The Balaban J connectivity index is 0.00000520. The summed E-state index contributed by atoms with van der Waals surface area (Å²) >= 11 is 11.0. The van der Waals surface area contributed by atoms with Gasteiger partial charge in [-0.25, -0.2) is 0 Å². The number of nitrogens with one attached hydrogen (secondary N) is 2. The van der Waals surface area contributed by atoms with E-state index in [-0.39, 0.29) is 27.4 Å². The molecule has 0 aliphatic rings. The first kappa shape index (κ1) is 36.3. The number of carbonyl (C=O) groups excluding carboxylic acids is 1. The number of hydrogen-bond acceptors (Lipinski definition) is 7. The van der Waals surface area contributed by atoms with Crippen LogP contribution in [0.15, 0.2) is 166 Å². The van der Waals surface area contributed by atoms with Crippen LogP contribution in [0.5, 0.6) is 0 Å². The maximum atomic E-state index is 11.3. The van der Waals surface area contributed by atoms with Gasteiger partial charge in [-0.05, 0) is 41.6 Å². The molecule has 5 rings (SSSR count). The van der Waals surface area contributed by atoms with Gasteiger partial charge in [0.25, 0.3) is 0 Å². The van der Waals surface area contributed by atoms with Gasteiger partial charge in [-0.15, -0.1) is 10.2 Å². The summed E-state index contributed by atoms with van der Waals surface area (Å²) in [6.07, 6.45) is 1.32. The van der Waals surface area contributed by atoms with E-state index in [1.165, 1.54) is 15.9 Å². The molecule has 11 heteroatoms. The van der Waals surface area contributed by atoms with Gasteiger partial charge in [0.2, 0.25) is 0 Å². The molecule has 0 fully saturated rings. The average Bonchev–Trinajstić information content (AvgIpc) is 3.15. The van der Waals surface area contributed by atoms with Gasteiger partial charge in [0, 0.05) is 28.9 Å². The van der Waals surface area contributed by atoms with Crippen molar-refractivity contribution in [1.29, 1.82) is 0 Å². The largest absolute Gasteiger partial charge is 2.00 e. The van der Waals surface area contributed by atoms with E-state index in [9.17, 15) is 4.79 Å². The standard InChI is InChI=1S/C37H33N6OPS2.Cu/c1-38-36(46)42-40-35(30-24-22-28(26-44)23-25-30)34(29-14-6-2-7-15-29)41-43-37(47)39-27-45(31-16-8-3-9-17-31,32-18-10-4-11-19-32)33-20-12-5-13-21-33;/h2-26H,27H2,1H3,(H3-,38,39,40,41,42,43,44,46,47);/q;+2/p-1. The fourth-order valence-electron chi connectivity index (χ4n) is 5.03. The molecule has 0 atom stereocenters. The van der Waals surface area contributed by atoms with E-state index in [1.807, 2.05) is 48.5 Å². The Morgan fingerprint density at radius 2 is 0.979 bits per heavy atom. The van der Waals surface area contributed by atoms with Crippen molar-refractivity contribution < 1.29 is 21.9 Å². The van der Waals surface area contributed by atoms with Gasteiger partial charge in [-0.3, -0.25) is 4.79 Å². The Morgan fingerprint density at radius 3 is 1.40 bits per heavy atom. The second-order valence-corrected chi connectivity index (χ2v) is 14.5. The fraction of sp³-hybridized carbons (Fsp3) is 0.0541. The second kappa shape index (κ2) is 18.1. The third kappa shape index (κ3) is 8.86. The predicted molar refractivity (Wildman–Crippen MR) is 203 cm³/mol. The van der Waals surface area contributed by atoms with Gasteiger partial charge in [0.1, 0.15) is 47.2 Å². The molecule has 0 unspecified atom stereocenters. The molecule has 5 aromatic carbocycles. The van der Waals surface area contributed by atoms with Gasteiger partial charge in [-0.1, -0.05) is 109 Å². The molecular weight excluding hydrogens is 703 g/mol. The zero-order chi connectivity index (χ0) is 32.9. The van der Waals surface area contributed by atoms with Crippen LogP contribution in [0.3, 0.4) is 0 Å². The molecule has 0 spiro atoms. The molecule has 0 heterocycles. The van der Waals surface area contributed by atoms with E-state index >= 15 is 0 Å². The van der Waals surface area contributed by atoms with Crippen LogP contribution in [0.2, 0.25) is 0 Å². The first-order chi connectivity index (χ1) is 23.0. The molecule has 5 aromatic rings. The van der Waals surface area contributed by atoms with Crippen molar-refractivity contribution in [3.8, 4) is 0 Å². The fourth-order valence-corrected chi connectivity index (χ4v) is 9.16. The van der Waals surface area contributed by atoms with Crippen molar-refractivity contribution in [2.75, 3.05) is 13.3 Å². The molecule has 0 saturated heterocycles. The first-order valence-electron chi connectivity index (χ1n) is 14.8. The minimum atomic E-state index is -2.21. The van der Waals surface area contributed by atoms with Gasteiger partial charge in [0.15, 0.2) is 0 Å². The van der Waals surface area contributed by atoms with Crippen molar-refractivity contribution in [3.05, 3.63) is 162 Å². The van der Waals surface area contributed by atoms with Crippen LogP contribution < -0.4 is 26.5 Å². The minimum absolute atomic E-state index is 0. The quantitative estimate of drug-likeness (QED) is 0.0372. The normalized spacial score (nSPS) is 12.5. The van der Waals surface area contributed by atoms with E-state index in [2.05, 4.69) is 104 Å². The van der Waals surface area contributed by atoms with Gasteiger partial charge >= 0.3 is 17.1 Å². The van der Waals surface area contributed by atoms with Gasteiger partial charge in [-0.2, -0.15) is 10.2 Å². The molecule has 2 N–H and O–H groups in total. The van der Waals surface area contributed by atoms with Crippen molar-refractivity contribution in [2.45, 2.75) is 0 Å². The number of benzene rings is 5. The number of amidine groups is 2. The van der Waals surface area contributed by atoms with Crippen LogP contribution >= 0.6 is 7.26 Å². The van der Waals surface area contributed by atoms with E-state index < -0.39 is 7.26 Å². The monoisotopic (exact) mass is 734 g/mol. The number of nitrogens with zero attached hydrogens (tertiary/aromatic N) is 4. The smallest absolute Gasteiger partial charge is 0.741 e. The zero-order valence-electron chi connectivity index (χ0n) is 25.9. The van der Waals surface area contributed by atoms with E-state index in [0.29, 0.717) is 28.8 Å². The maximum absolute atomic E-state index is 11.3. The van der Waals surface area contributed by atoms with Crippen molar-refractivity contribution >= 4 is 76.5 Å². The Kier molecular flexibility index (Phi) is 13.7. The molecule has 1 radical (unpaired) electrons. The summed E-state index contributed by atoms with van der Waals surface area (Å²) in [5.41, 5.74) is 2.81. The third-order valence-corrected chi connectivity index (χ3v) is 12.0. The maximum Gasteiger partial charge on any atom is 2.00 e. The van der Waals surface area contributed by atoms with Crippen LogP contribution in [0.25, 0.3) is 0 Å². The van der Waals surface area contributed by atoms with Crippen LogP contribution in [-0.4, -0.2) is 41.4 Å². The zero-order valence-corrected chi connectivity index (χ0v) is 29.4. The second-order valence-electron chi connectivity index (χ2n) is 10.2. The third-order valence-electron chi connectivity index (χ3n) is 7.35. The Labute approximate surface area is 303 Å². The molecule has 0 aromatic heterocycles. The van der Waals surface area contributed by atoms with E-state index in [0.717, 1.165) is 11.8 Å². The van der Waals surface area contributed by atoms with Crippen LogP contribution in [0.4, 0.5) is 0 Å². The summed E-state index contributed by atoms with van der Waals surface area (Å²) in [6, 6.07) is 48.1. The molecule has 243 valence electrons. The minimum Gasteiger partial charge on any atom is -0.741 e. The van der Waals surface area contributed by atoms with Gasteiger partial charge < -0.3 is 35.9 Å². The Bertz CT molecular complexity index is 1790. The molecule has 7 nitrogen and oxygen atoms in total. The Hall–Kier alpha value is -4.56. The molecule has 0 amide bonds. The summed E-state index contributed by atoms with van der Waals surface area (Å²) in [5, 5.41) is 28.2. The number of hydrogen-bond donors (Lipinski definition) is 2. The number of aldehydes is 1. The van der Waals surface area contributed by atoms with Crippen LogP contribution in [-0.2, 0) is 42.3 Å². The van der Waals surface area contributed by atoms with Gasteiger partial charge in [0.05, 0.1) is 0 Å². The molecule has 0 aliphatic heterocycles.